The zero-order valence-electron chi connectivity index (χ0n) is 16.1. The normalized spacial score (nSPS) is 14.9. The number of pyridine rings is 1. The van der Waals surface area contributed by atoms with Gasteiger partial charge in [-0.15, -0.1) is 11.3 Å². The summed E-state index contributed by atoms with van der Waals surface area (Å²) in [5, 5.41) is 6.04. The van der Waals surface area contributed by atoms with Crippen molar-refractivity contribution < 1.29 is 9.32 Å². The first-order valence-electron chi connectivity index (χ1n) is 9.59. The molecule has 0 unspecified atom stereocenters. The molecule has 1 aliphatic heterocycles. The highest BCUT2D eigenvalue weighted by Crippen LogP contribution is 2.22. The van der Waals surface area contributed by atoms with Crippen molar-refractivity contribution in [2.75, 3.05) is 26.2 Å². The minimum Gasteiger partial charge on any atom is -0.338 e. The largest absolute Gasteiger partial charge is 0.338 e. The molecule has 1 saturated heterocycles. The fraction of sp³-hybridized carbons (Fsp3) is 0.250. The Morgan fingerprint density at radius 3 is 2.77 bits per heavy atom. The molecule has 9 nitrogen and oxygen atoms in total. The smallest absolute Gasteiger partial charge is 0.255 e. The molecule has 0 aliphatic carbocycles. The molecule has 5 heterocycles. The third-order valence-corrected chi connectivity index (χ3v) is 5.86. The summed E-state index contributed by atoms with van der Waals surface area (Å²) in [5.41, 5.74) is 0.588. The summed E-state index contributed by atoms with van der Waals surface area (Å²) in [7, 11) is 0. The molecule has 1 amide bonds. The van der Waals surface area contributed by atoms with Crippen molar-refractivity contribution in [1.82, 2.24) is 34.5 Å². The molecule has 0 bridgehead atoms. The predicted molar refractivity (Wildman–Crippen MR) is 110 cm³/mol. The average Bonchev–Trinajstić information content (AvgIpc) is 3.56. The van der Waals surface area contributed by atoms with Crippen LogP contribution < -0.4 is 0 Å². The number of carbonyl (C=O) groups excluding carboxylic acids is 1. The summed E-state index contributed by atoms with van der Waals surface area (Å²) in [6.07, 6.45) is 6.80. The Morgan fingerprint density at radius 2 is 2.07 bits per heavy atom. The van der Waals surface area contributed by atoms with Crippen LogP contribution in [0.1, 0.15) is 16.2 Å². The second kappa shape index (κ2) is 8.17. The van der Waals surface area contributed by atoms with E-state index < -0.39 is 0 Å². The van der Waals surface area contributed by atoms with E-state index in [1.165, 1.54) is 0 Å². The molecule has 0 spiro atoms. The number of thiophene rings is 1. The minimum absolute atomic E-state index is 0.00268. The van der Waals surface area contributed by atoms with Gasteiger partial charge in [0.1, 0.15) is 12.1 Å². The number of aromatic nitrogens is 5. The third kappa shape index (κ3) is 3.87. The van der Waals surface area contributed by atoms with Gasteiger partial charge in [0.05, 0.1) is 17.0 Å². The predicted octanol–water partition coefficient (Wildman–Crippen LogP) is 2.34. The zero-order chi connectivity index (χ0) is 20.3. The second-order valence-corrected chi connectivity index (χ2v) is 7.88. The number of nitrogens with zero attached hydrogens (tertiary/aromatic N) is 7. The summed E-state index contributed by atoms with van der Waals surface area (Å²) in [6.45, 7) is 3.38. The Balaban J connectivity index is 1.16. The molecule has 0 radical (unpaired) electrons. The lowest BCUT2D eigenvalue weighted by Crippen LogP contribution is -2.48. The number of rotatable bonds is 5. The number of imidazole rings is 1. The molecule has 30 heavy (non-hydrogen) atoms. The van der Waals surface area contributed by atoms with Gasteiger partial charge in [-0.25, -0.2) is 9.97 Å². The molecule has 0 N–H and O–H groups in total. The molecular formula is C20H19N7O2S. The topological polar surface area (TPSA) is 93.2 Å². The lowest BCUT2D eigenvalue weighted by atomic mass is 10.2. The van der Waals surface area contributed by atoms with E-state index in [0.29, 0.717) is 36.9 Å². The highest BCUT2D eigenvalue weighted by molar-refractivity contribution is 7.13. The number of hydrogen-bond acceptors (Lipinski definition) is 8. The van der Waals surface area contributed by atoms with Gasteiger partial charge in [-0.3, -0.25) is 14.3 Å². The maximum atomic E-state index is 12.8. The minimum atomic E-state index is -0.00268. The maximum Gasteiger partial charge on any atom is 0.255 e. The van der Waals surface area contributed by atoms with E-state index in [0.717, 1.165) is 23.8 Å². The van der Waals surface area contributed by atoms with E-state index in [4.69, 9.17) is 4.52 Å². The third-order valence-electron chi connectivity index (χ3n) is 4.99. The van der Waals surface area contributed by atoms with E-state index in [9.17, 15) is 4.79 Å². The number of piperazine rings is 1. The zero-order valence-corrected chi connectivity index (χ0v) is 16.9. The monoisotopic (exact) mass is 421 g/mol. The summed E-state index contributed by atoms with van der Waals surface area (Å²) < 4.78 is 7.19. The van der Waals surface area contributed by atoms with Gasteiger partial charge in [-0.05, 0) is 23.6 Å². The van der Waals surface area contributed by atoms with Gasteiger partial charge in [-0.1, -0.05) is 11.2 Å². The van der Waals surface area contributed by atoms with Crippen molar-refractivity contribution in [3.63, 3.8) is 0 Å². The summed E-state index contributed by atoms with van der Waals surface area (Å²) in [4.78, 5) is 30.7. The van der Waals surface area contributed by atoms with Crippen LogP contribution in [-0.2, 0) is 6.54 Å². The molecule has 0 saturated carbocycles. The van der Waals surface area contributed by atoms with Crippen molar-refractivity contribution in [2.24, 2.45) is 0 Å². The lowest BCUT2D eigenvalue weighted by Gasteiger charge is -2.33. The number of amides is 1. The van der Waals surface area contributed by atoms with Crippen molar-refractivity contribution in [3.05, 3.63) is 66.0 Å². The van der Waals surface area contributed by atoms with Crippen LogP contribution in [0, 0.1) is 0 Å². The van der Waals surface area contributed by atoms with E-state index in [1.807, 2.05) is 40.7 Å². The molecular weight excluding hydrogens is 402 g/mol. The molecule has 0 atom stereocenters. The molecule has 152 valence electrons. The molecule has 4 aromatic heterocycles. The Bertz CT molecular complexity index is 1100. The molecule has 1 aliphatic rings. The molecule has 0 aromatic carbocycles. The van der Waals surface area contributed by atoms with Crippen LogP contribution in [-0.4, -0.2) is 66.6 Å². The van der Waals surface area contributed by atoms with Crippen LogP contribution in [0.4, 0.5) is 0 Å². The molecule has 5 rings (SSSR count). The second-order valence-electron chi connectivity index (χ2n) is 6.93. The van der Waals surface area contributed by atoms with Gasteiger partial charge in [0.2, 0.25) is 11.7 Å². The van der Waals surface area contributed by atoms with Crippen LogP contribution in [0.3, 0.4) is 0 Å². The van der Waals surface area contributed by atoms with Gasteiger partial charge in [-0.2, -0.15) is 4.98 Å². The highest BCUT2D eigenvalue weighted by Gasteiger charge is 2.24. The standard InChI is InChI=1S/C20H19N7O2S/c28-20(15-3-4-17(22-12-15)27-6-5-21-14-27)26-9-7-25(8-10-26)13-18-23-19(24-29-18)16-2-1-11-30-16/h1-6,11-12,14H,7-10,13H2. The fourth-order valence-corrected chi connectivity index (χ4v) is 4.02. The van der Waals surface area contributed by atoms with E-state index in [-0.39, 0.29) is 5.91 Å². The van der Waals surface area contributed by atoms with Crippen molar-refractivity contribution in [3.8, 4) is 16.5 Å². The van der Waals surface area contributed by atoms with Crippen LogP contribution in [0.15, 0.2) is 59.1 Å². The van der Waals surface area contributed by atoms with Crippen LogP contribution in [0.2, 0.25) is 0 Å². The van der Waals surface area contributed by atoms with Gasteiger partial charge < -0.3 is 9.42 Å². The van der Waals surface area contributed by atoms with E-state index in [1.54, 1.807) is 34.6 Å². The Hall–Kier alpha value is -3.37. The Morgan fingerprint density at radius 1 is 1.17 bits per heavy atom. The van der Waals surface area contributed by atoms with Crippen molar-refractivity contribution >= 4 is 17.2 Å². The fourth-order valence-electron chi connectivity index (χ4n) is 3.37. The summed E-state index contributed by atoms with van der Waals surface area (Å²) in [6, 6.07) is 7.57. The first-order valence-corrected chi connectivity index (χ1v) is 10.5. The Labute approximate surface area is 176 Å². The van der Waals surface area contributed by atoms with Gasteiger partial charge in [0.15, 0.2) is 0 Å². The van der Waals surface area contributed by atoms with E-state index >= 15 is 0 Å². The van der Waals surface area contributed by atoms with Gasteiger partial charge in [0, 0.05) is 44.8 Å². The summed E-state index contributed by atoms with van der Waals surface area (Å²) >= 11 is 1.58. The number of carbonyl (C=O) groups is 1. The highest BCUT2D eigenvalue weighted by atomic mass is 32.1. The van der Waals surface area contributed by atoms with E-state index in [2.05, 4.69) is 25.0 Å². The van der Waals surface area contributed by atoms with Gasteiger partial charge >= 0.3 is 0 Å². The first-order chi connectivity index (χ1) is 14.8. The molecule has 4 aromatic rings. The summed E-state index contributed by atoms with van der Waals surface area (Å²) in [5.74, 6) is 1.95. The molecule has 10 heteroatoms. The quantitative estimate of drug-likeness (QED) is 0.488. The van der Waals surface area contributed by atoms with Crippen LogP contribution >= 0.6 is 11.3 Å². The van der Waals surface area contributed by atoms with Crippen LogP contribution in [0.5, 0.6) is 0 Å². The van der Waals surface area contributed by atoms with Crippen molar-refractivity contribution in [1.29, 1.82) is 0 Å². The number of hydrogen-bond donors (Lipinski definition) is 0. The lowest BCUT2D eigenvalue weighted by molar-refractivity contribution is 0.0614. The van der Waals surface area contributed by atoms with Gasteiger partial charge in [0.25, 0.3) is 5.91 Å². The average molecular weight is 421 g/mol. The molecule has 1 fully saturated rings. The van der Waals surface area contributed by atoms with Crippen LogP contribution in [0.25, 0.3) is 16.5 Å². The SMILES string of the molecule is O=C(c1ccc(-n2ccnc2)nc1)N1CCN(Cc2nc(-c3cccs3)no2)CC1. The maximum absolute atomic E-state index is 12.8. The first kappa shape index (κ1) is 18.6. The Kier molecular flexibility index (Phi) is 5.08. The van der Waals surface area contributed by atoms with Crippen molar-refractivity contribution in [2.45, 2.75) is 6.54 Å².